The molecule has 0 aromatic heterocycles. The van der Waals surface area contributed by atoms with Gasteiger partial charge in [0.05, 0.1) is 11.1 Å². The number of likely N-dealkylation sites (N-methyl/N-ethyl adjacent to an activating group) is 1. The van der Waals surface area contributed by atoms with E-state index >= 15 is 0 Å². The van der Waals surface area contributed by atoms with Gasteiger partial charge in [0.1, 0.15) is 0 Å². The molecule has 106 valence electrons. The summed E-state index contributed by atoms with van der Waals surface area (Å²) >= 11 is 0. The first-order valence-electron chi connectivity index (χ1n) is 6.97. The fraction of sp³-hybridized carbons (Fsp3) is 0.375. The summed E-state index contributed by atoms with van der Waals surface area (Å²) < 4.78 is 0. The fourth-order valence-corrected chi connectivity index (χ4v) is 2.46. The molecule has 0 fully saturated rings. The number of nitrogens with zero attached hydrogens (tertiary/aromatic N) is 2. The molecule has 0 N–H and O–H groups in total. The average Bonchev–Trinajstić information content (AvgIpc) is 2.71. The van der Waals surface area contributed by atoms with Gasteiger partial charge in [-0.3, -0.25) is 19.4 Å². The third-order valence-electron chi connectivity index (χ3n) is 3.57. The van der Waals surface area contributed by atoms with E-state index in [0.29, 0.717) is 17.7 Å². The number of hydrogen-bond acceptors (Lipinski definition) is 3. The summed E-state index contributed by atoms with van der Waals surface area (Å²) in [6, 6.07) is 7.00. The Balaban J connectivity index is 1.94. The first-order valence-corrected chi connectivity index (χ1v) is 6.97. The predicted molar refractivity (Wildman–Crippen MR) is 78.7 cm³/mol. The molecular weight excluding hydrogens is 252 g/mol. The van der Waals surface area contributed by atoms with E-state index in [4.69, 9.17) is 0 Å². The Hall–Kier alpha value is -1.94. The molecule has 0 radical (unpaired) electrons. The van der Waals surface area contributed by atoms with Gasteiger partial charge in [-0.1, -0.05) is 25.1 Å². The summed E-state index contributed by atoms with van der Waals surface area (Å²) in [4.78, 5) is 27.9. The smallest absolute Gasteiger partial charge is 0.261 e. The molecule has 2 amide bonds. The van der Waals surface area contributed by atoms with Crippen LogP contribution in [0.25, 0.3) is 0 Å². The monoisotopic (exact) mass is 272 g/mol. The Labute approximate surface area is 119 Å². The second-order valence-corrected chi connectivity index (χ2v) is 4.84. The van der Waals surface area contributed by atoms with Crippen LogP contribution in [0.15, 0.2) is 36.9 Å². The zero-order valence-corrected chi connectivity index (χ0v) is 11.8. The van der Waals surface area contributed by atoms with Gasteiger partial charge in [-0.15, -0.1) is 6.58 Å². The van der Waals surface area contributed by atoms with Crippen molar-refractivity contribution in [3.63, 3.8) is 0 Å². The summed E-state index contributed by atoms with van der Waals surface area (Å²) in [7, 11) is 0. The lowest BCUT2D eigenvalue weighted by Gasteiger charge is -2.20. The minimum Gasteiger partial charge on any atom is -0.300 e. The van der Waals surface area contributed by atoms with Crippen LogP contribution in [-0.2, 0) is 0 Å². The molecule has 4 heteroatoms. The van der Waals surface area contributed by atoms with Crippen LogP contribution < -0.4 is 0 Å². The second kappa shape index (κ2) is 6.48. The van der Waals surface area contributed by atoms with Crippen molar-refractivity contribution in [3.05, 3.63) is 48.0 Å². The molecule has 0 atom stereocenters. The van der Waals surface area contributed by atoms with Crippen LogP contribution in [0.3, 0.4) is 0 Å². The van der Waals surface area contributed by atoms with Gasteiger partial charge in [0.25, 0.3) is 11.8 Å². The number of carbonyl (C=O) groups excluding carboxylic acids is 2. The number of hydrogen-bond donors (Lipinski definition) is 0. The van der Waals surface area contributed by atoms with Gasteiger partial charge in [0.15, 0.2) is 0 Å². The van der Waals surface area contributed by atoms with Gasteiger partial charge in [-0.05, 0) is 25.1 Å². The van der Waals surface area contributed by atoms with Crippen molar-refractivity contribution in [1.29, 1.82) is 0 Å². The summed E-state index contributed by atoms with van der Waals surface area (Å²) in [6.07, 6.45) is 2.65. The zero-order chi connectivity index (χ0) is 14.5. The van der Waals surface area contributed by atoms with Gasteiger partial charge < -0.3 is 0 Å². The normalized spacial score (nSPS) is 14.0. The highest BCUT2D eigenvalue weighted by Gasteiger charge is 2.34. The van der Waals surface area contributed by atoms with Gasteiger partial charge in [0.2, 0.25) is 0 Å². The van der Waals surface area contributed by atoms with E-state index in [-0.39, 0.29) is 11.8 Å². The number of amides is 2. The van der Waals surface area contributed by atoms with E-state index in [1.165, 1.54) is 4.90 Å². The Morgan fingerprint density at radius 1 is 1.20 bits per heavy atom. The van der Waals surface area contributed by atoms with Crippen LogP contribution >= 0.6 is 0 Å². The maximum absolute atomic E-state index is 12.2. The molecule has 0 saturated carbocycles. The van der Waals surface area contributed by atoms with E-state index in [1.807, 2.05) is 6.08 Å². The summed E-state index contributed by atoms with van der Waals surface area (Å²) in [5, 5.41) is 0. The summed E-state index contributed by atoms with van der Waals surface area (Å²) in [5.41, 5.74) is 1.05. The van der Waals surface area contributed by atoms with Crippen LogP contribution in [0, 0.1) is 0 Å². The van der Waals surface area contributed by atoms with E-state index in [9.17, 15) is 9.59 Å². The molecule has 20 heavy (non-hydrogen) atoms. The topological polar surface area (TPSA) is 40.6 Å². The van der Waals surface area contributed by atoms with Crippen LogP contribution in [0.1, 0.15) is 34.1 Å². The largest absolute Gasteiger partial charge is 0.300 e. The van der Waals surface area contributed by atoms with Crippen molar-refractivity contribution in [2.75, 3.05) is 26.2 Å². The van der Waals surface area contributed by atoms with Crippen molar-refractivity contribution < 1.29 is 9.59 Å². The molecule has 0 aliphatic carbocycles. The maximum atomic E-state index is 12.2. The molecule has 0 saturated heterocycles. The Morgan fingerprint density at radius 3 is 2.30 bits per heavy atom. The van der Waals surface area contributed by atoms with Crippen LogP contribution in [-0.4, -0.2) is 47.8 Å². The third-order valence-corrected chi connectivity index (χ3v) is 3.57. The first-order chi connectivity index (χ1) is 9.69. The lowest BCUT2D eigenvalue weighted by Crippen LogP contribution is -2.33. The molecule has 1 heterocycles. The standard InChI is InChI=1S/C16H20N2O2/c1-3-10-17(4-2)11-7-12-18-15(19)13-8-5-6-9-14(13)16(18)20/h3,5-6,8-9H,1,4,7,10-12H2,2H3. The van der Waals surface area contributed by atoms with Gasteiger partial charge in [0, 0.05) is 19.6 Å². The van der Waals surface area contributed by atoms with Crippen molar-refractivity contribution in [3.8, 4) is 0 Å². The number of imide groups is 1. The molecular formula is C16H20N2O2. The highest BCUT2D eigenvalue weighted by Crippen LogP contribution is 2.22. The van der Waals surface area contributed by atoms with Gasteiger partial charge >= 0.3 is 0 Å². The van der Waals surface area contributed by atoms with Crippen LogP contribution in [0.2, 0.25) is 0 Å². The fourth-order valence-electron chi connectivity index (χ4n) is 2.46. The molecule has 1 aliphatic rings. The molecule has 1 aliphatic heterocycles. The summed E-state index contributed by atoms with van der Waals surface area (Å²) in [5.74, 6) is -0.338. The van der Waals surface area contributed by atoms with Crippen molar-refractivity contribution in [2.24, 2.45) is 0 Å². The second-order valence-electron chi connectivity index (χ2n) is 4.84. The molecule has 0 spiro atoms. The highest BCUT2D eigenvalue weighted by atomic mass is 16.2. The van der Waals surface area contributed by atoms with Gasteiger partial charge in [-0.2, -0.15) is 0 Å². The molecule has 4 nitrogen and oxygen atoms in total. The minimum atomic E-state index is -0.169. The third kappa shape index (κ3) is 2.80. The minimum absolute atomic E-state index is 0.169. The number of benzene rings is 1. The predicted octanol–water partition coefficient (Wildman–Crippen LogP) is 2.18. The average molecular weight is 272 g/mol. The SMILES string of the molecule is C=CCN(CC)CCCN1C(=O)c2ccccc2C1=O. The van der Waals surface area contributed by atoms with E-state index in [2.05, 4.69) is 18.4 Å². The highest BCUT2D eigenvalue weighted by molar-refractivity contribution is 6.21. The first kappa shape index (κ1) is 14.5. The van der Waals surface area contributed by atoms with Crippen molar-refractivity contribution in [2.45, 2.75) is 13.3 Å². The Bertz CT molecular complexity index is 490. The summed E-state index contributed by atoms with van der Waals surface area (Å²) in [6.45, 7) is 8.91. The molecule has 1 aromatic rings. The lowest BCUT2D eigenvalue weighted by atomic mass is 10.1. The van der Waals surface area contributed by atoms with Crippen molar-refractivity contribution >= 4 is 11.8 Å². The van der Waals surface area contributed by atoms with Crippen LogP contribution in [0.5, 0.6) is 0 Å². The quantitative estimate of drug-likeness (QED) is 0.564. The lowest BCUT2D eigenvalue weighted by molar-refractivity contribution is 0.0648. The van der Waals surface area contributed by atoms with E-state index in [0.717, 1.165) is 26.1 Å². The molecule has 2 rings (SSSR count). The maximum Gasteiger partial charge on any atom is 0.261 e. The Morgan fingerprint density at radius 2 is 1.80 bits per heavy atom. The van der Waals surface area contributed by atoms with E-state index < -0.39 is 0 Å². The molecule has 0 bridgehead atoms. The molecule has 1 aromatic carbocycles. The Kier molecular flexibility index (Phi) is 4.69. The van der Waals surface area contributed by atoms with Crippen LogP contribution in [0.4, 0.5) is 0 Å². The number of rotatable bonds is 7. The number of carbonyl (C=O) groups is 2. The molecule has 0 unspecified atom stereocenters. The van der Waals surface area contributed by atoms with Gasteiger partial charge in [-0.25, -0.2) is 0 Å². The van der Waals surface area contributed by atoms with E-state index in [1.54, 1.807) is 24.3 Å². The number of fused-ring (bicyclic) bond motifs is 1. The zero-order valence-electron chi connectivity index (χ0n) is 11.8. The van der Waals surface area contributed by atoms with Crippen molar-refractivity contribution in [1.82, 2.24) is 9.80 Å².